The van der Waals surface area contributed by atoms with Crippen molar-refractivity contribution in [3.05, 3.63) is 0 Å². The summed E-state index contributed by atoms with van der Waals surface area (Å²) in [5, 5.41) is 0. The van der Waals surface area contributed by atoms with E-state index in [1.807, 2.05) is 0 Å². The molecule has 0 heterocycles. The van der Waals surface area contributed by atoms with Gasteiger partial charge in [0.1, 0.15) is 0 Å². The Balaban J connectivity index is 5.20. The zero-order chi connectivity index (χ0) is 13.3. The van der Waals surface area contributed by atoms with E-state index in [-0.39, 0.29) is 0 Å². The molecule has 0 unspecified atom stereocenters. The summed E-state index contributed by atoms with van der Waals surface area (Å²) in [6, 6.07) is 2.87. The van der Waals surface area contributed by atoms with Gasteiger partial charge < -0.3 is 9.13 Å². The van der Waals surface area contributed by atoms with Crippen LogP contribution in [0, 0.1) is 0 Å². The van der Waals surface area contributed by atoms with Crippen LogP contribution in [0.4, 0.5) is 0 Å². The summed E-state index contributed by atoms with van der Waals surface area (Å²) in [6.45, 7) is 18.9. The van der Waals surface area contributed by atoms with Crippen molar-refractivity contribution in [2.75, 3.05) is 26.2 Å². The molecule has 3 heteroatoms. The lowest BCUT2D eigenvalue weighted by Gasteiger charge is -2.48. The van der Waals surface area contributed by atoms with Crippen LogP contribution in [0.5, 0.6) is 0 Å². The van der Waals surface area contributed by atoms with Crippen LogP contribution in [0.1, 0.15) is 54.4 Å². The molecular formula is C14H34N2Si. The molecule has 0 bridgehead atoms. The number of hydrogen-bond acceptors (Lipinski definition) is 2. The topological polar surface area (TPSA) is 6.48 Å². The predicted octanol–water partition coefficient (Wildman–Crippen LogP) is 3.93. The van der Waals surface area contributed by atoms with Crippen LogP contribution in [0.2, 0.25) is 12.1 Å². The van der Waals surface area contributed by atoms with Crippen LogP contribution in [0.25, 0.3) is 0 Å². The van der Waals surface area contributed by atoms with Crippen LogP contribution in [0.15, 0.2) is 0 Å². The molecule has 0 aliphatic heterocycles. The molecule has 0 aromatic heterocycles. The van der Waals surface area contributed by atoms with E-state index in [4.69, 9.17) is 0 Å². The van der Waals surface area contributed by atoms with E-state index >= 15 is 0 Å². The zero-order valence-electron chi connectivity index (χ0n) is 13.1. The Kier molecular flexibility index (Phi) is 9.19. The molecule has 0 aliphatic carbocycles. The number of nitrogens with zero attached hydrogens (tertiary/aromatic N) is 2. The third kappa shape index (κ3) is 4.07. The molecule has 0 fully saturated rings. The molecule has 0 spiro atoms. The Bertz CT molecular complexity index is 157. The van der Waals surface area contributed by atoms with Crippen LogP contribution in [0.3, 0.4) is 0 Å². The normalized spacial score (nSPS) is 12.7. The lowest BCUT2D eigenvalue weighted by atomic mass is 10.6. The van der Waals surface area contributed by atoms with E-state index in [9.17, 15) is 0 Å². The van der Waals surface area contributed by atoms with Crippen molar-refractivity contribution in [1.29, 1.82) is 0 Å². The summed E-state index contributed by atoms with van der Waals surface area (Å²) < 4.78 is 5.62. The highest BCUT2D eigenvalue weighted by molar-refractivity contribution is 6.74. The first-order chi connectivity index (χ1) is 8.16. The molecule has 0 aromatic rings. The molecule has 0 amide bonds. The lowest BCUT2D eigenvalue weighted by molar-refractivity contribution is 0.345. The van der Waals surface area contributed by atoms with Crippen molar-refractivity contribution < 1.29 is 0 Å². The Morgan fingerprint density at radius 3 is 1.06 bits per heavy atom. The fraction of sp³-hybridized carbons (Fsp3) is 1.00. The molecule has 17 heavy (non-hydrogen) atoms. The number of hydrogen-bond donors (Lipinski definition) is 0. The highest BCUT2D eigenvalue weighted by Crippen LogP contribution is 2.27. The highest BCUT2D eigenvalue weighted by atomic mass is 28.3. The second-order valence-electron chi connectivity index (χ2n) is 4.83. The smallest absolute Gasteiger partial charge is 0.206 e. The first kappa shape index (κ1) is 17.1. The molecule has 0 rings (SSSR count). The Morgan fingerprint density at radius 2 is 0.882 bits per heavy atom. The number of rotatable bonds is 10. The molecular weight excluding hydrogens is 224 g/mol. The Labute approximate surface area is 111 Å². The minimum absolute atomic E-state index is 1.22. The van der Waals surface area contributed by atoms with Crippen molar-refractivity contribution in [3.8, 4) is 0 Å². The Morgan fingerprint density at radius 1 is 0.588 bits per heavy atom. The third-order valence-electron chi connectivity index (χ3n) is 4.00. The minimum atomic E-state index is -1.39. The Hall–Kier alpha value is 0.137. The molecule has 0 N–H and O–H groups in total. The molecule has 0 saturated carbocycles. The van der Waals surface area contributed by atoms with Gasteiger partial charge >= 0.3 is 0 Å². The van der Waals surface area contributed by atoms with Gasteiger partial charge in [-0.1, -0.05) is 54.4 Å². The summed E-state index contributed by atoms with van der Waals surface area (Å²) in [5.74, 6) is 0. The standard InChI is InChI=1S/C14H34N2Si/c1-7-13-17(14-8-2,15(9-3)10-4)16(11-5)12-6/h7-14H2,1-6H3. The summed E-state index contributed by atoms with van der Waals surface area (Å²) in [5.41, 5.74) is 0. The van der Waals surface area contributed by atoms with Crippen LogP contribution >= 0.6 is 0 Å². The maximum atomic E-state index is 2.81. The van der Waals surface area contributed by atoms with Crippen LogP contribution < -0.4 is 0 Å². The maximum Gasteiger partial charge on any atom is 0.206 e. The van der Waals surface area contributed by atoms with Gasteiger partial charge in [0.05, 0.1) is 0 Å². The van der Waals surface area contributed by atoms with E-state index in [1.165, 1.54) is 51.1 Å². The quantitative estimate of drug-likeness (QED) is 0.548. The van der Waals surface area contributed by atoms with Crippen LogP contribution in [-0.4, -0.2) is 43.7 Å². The van der Waals surface area contributed by atoms with Crippen molar-refractivity contribution in [2.45, 2.75) is 66.5 Å². The molecule has 104 valence electrons. The van der Waals surface area contributed by atoms with Gasteiger partial charge in [-0.2, -0.15) is 0 Å². The minimum Gasteiger partial charge on any atom is -0.312 e. The summed E-state index contributed by atoms with van der Waals surface area (Å²) >= 11 is 0. The first-order valence-corrected chi connectivity index (χ1v) is 9.97. The highest BCUT2D eigenvalue weighted by Gasteiger charge is 2.41. The first-order valence-electron chi connectivity index (χ1n) is 7.66. The van der Waals surface area contributed by atoms with Crippen molar-refractivity contribution in [2.24, 2.45) is 0 Å². The second-order valence-corrected chi connectivity index (χ2v) is 9.06. The van der Waals surface area contributed by atoms with E-state index in [2.05, 4.69) is 50.7 Å². The third-order valence-corrected chi connectivity index (χ3v) is 10.2. The van der Waals surface area contributed by atoms with Crippen LogP contribution in [-0.2, 0) is 0 Å². The van der Waals surface area contributed by atoms with Gasteiger partial charge in [-0.15, -0.1) is 0 Å². The monoisotopic (exact) mass is 258 g/mol. The second kappa shape index (κ2) is 9.12. The van der Waals surface area contributed by atoms with E-state index in [1.54, 1.807) is 0 Å². The predicted molar refractivity (Wildman–Crippen MR) is 81.8 cm³/mol. The summed E-state index contributed by atoms with van der Waals surface area (Å²) in [6.07, 6.45) is 2.67. The van der Waals surface area contributed by atoms with Crippen molar-refractivity contribution >= 4 is 8.40 Å². The van der Waals surface area contributed by atoms with E-state index < -0.39 is 8.40 Å². The largest absolute Gasteiger partial charge is 0.312 e. The van der Waals surface area contributed by atoms with Crippen molar-refractivity contribution in [3.63, 3.8) is 0 Å². The van der Waals surface area contributed by atoms with Gasteiger partial charge in [0.15, 0.2) is 0 Å². The van der Waals surface area contributed by atoms with Gasteiger partial charge in [-0.3, -0.25) is 0 Å². The lowest BCUT2D eigenvalue weighted by Crippen LogP contribution is -2.65. The van der Waals surface area contributed by atoms with E-state index in [0.29, 0.717) is 0 Å². The molecule has 0 saturated heterocycles. The fourth-order valence-electron chi connectivity index (χ4n) is 3.38. The van der Waals surface area contributed by atoms with Gasteiger partial charge in [0.25, 0.3) is 0 Å². The molecule has 0 aliphatic rings. The van der Waals surface area contributed by atoms with Gasteiger partial charge in [-0.05, 0) is 38.3 Å². The van der Waals surface area contributed by atoms with Gasteiger partial charge in [0, 0.05) is 0 Å². The zero-order valence-corrected chi connectivity index (χ0v) is 14.1. The fourth-order valence-corrected chi connectivity index (χ4v) is 9.25. The molecule has 0 radical (unpaired) electrons. The average Bonchev–Trinajstić information content (AvgIpc) is 2.32. The summed E-state index contributed by atoms with van der Waals surface area (Å²) in [7, 11) is -1.39. The molecule has 0 atom stereocenters. The summed E-state index contributed by atoms with van der Waals surface area (Å²) in [4.78, 5) is 0. The van der Waals surface area contributed by atoms with Gasteiger partial charge in [0.2, 0.25) is 8.40 Å². The molecule has 0 aromatic carbocycles. The van der Waals surface area contributed by atoms with Crippen molar-refractivity contribution in [1.82, 2.24) is 9.13 Å². The van der Waals surface area contributed by atoms with Gasteiger partial charge in [-0.25, -0.2) is 0 Å². The van der Waals surface area contributed by atoms with E-state index in [0.717, 1.165) is 0 Å². The molecule has 2 nitrogen and oxygen atoms in total. The maximum absolute atomic E-state index is 2.81. The average molecular weight is 259 g/mol. The SMILES string of the molecule is CCC[Si](CCC)(N(CC)CC)N(CC)CC.